The highest BCUT2D eigenvalue weighted by Gasteiger charge is 2.24. The largest absolute Gasteiger partial charge is 0.323 e. The first-order valence-electron chi connectivity index (χ1n) is 7.93. The molecule has 0 N–H and O–H groups in total. The van der Waals surface area contributed by atoms with Crippen molar-refractivity contribution in [2.75, 3.05) is 20.1 Å². The smallest absolute Gasteiger partial charge is 0.112 e. The Kier molecular flexibility index (Phi) is 4.23. The summed E-state index contributed by atoms with van der Waals surface area (Å²) in [6.45, 7) is 6.77. The highest BCUT2D eigenvalue weighted by Crippen LogP contribution is 2.34. The van der Waals surface area contributed by atoms with Crippen LogP contribution in [0.2, 0.25) is 5.02 Å². The number of fused-ring (bicyclic) bond motifs is 1. The Morgan fingerprint density at radius 1 is 1.24 bits per heavy atom. The van der Waals surface area contributed by atoms with E-state index < -0.39 is 0 Å². The van der Waals surface area contributed by atoms with Crippen LogP contribution in [0, 0.1) is 0 Å². The molecule has 1 fully saturated rings. The van der Waals surface area contributed by atoms with Gasteiger partial charge >= 0.3 is 0 Å². The molecule has 0 amide bonds. The predicted octanol–water partition coefficient (Wildman–Crippen LogP) is 4.47. The van der Waals surface area contributed by atoms with Crippen LogP contribution in [0.25, 0.3) is 11.0 Å². The van der Waals surface area contributed by atoms with Crippen molar-refractivity contribution in [1.82, 2.24) is 14.5 Å². The second-order valence-electron chi connectivity index (χ2n) is 6.49. The summed E-state index contributed by atoms with van der Waals surface area (Å²) < 4.78 is 2.43. The Balaban J connectivity index is 2.12. The number of rotatable bonds is 2. The van der Waals surface area contributed by atoms with Crippen LogP contribution in [0.4, 0.5) is 0 Å². The fraction of sp³-hybridized carbons (Fsp3) is 0.588. The van der Waals surface area contributed by atoms with Crippen molar-refractivity contribution < 1.29 is 0 Å². The maximum Gasteiger partial charge on any atom is 0.112 e. The highest BCUT2D eigenvalue weighted by atomic mass is 35.5. The Hall–Kier alpha value is -1.06. The number of hydrogen-bond acceptors (Lipinski definition) is 2. The van der Waals surface area contributed by atoms with E-state index in [-0.39, 0.29) is 0 Å². The van der Waals surface area contributed by atoms with E-state index in [2.05, 4.69) is 36.4 Å². The number of para-hydroxylation sites is 1. The van der Waals surface area contributed by atoms with Gasteiger partial charge in [0, 0.05) is 12.0 Å². The number of benzene rings is 1. The van der Waals surface area contributed by atoms with E-state index in [1.165, 1.54) is 31.6 Å². The zero-order valence-electron chi connectivity index (χ0n) is 13.1. The van der Waals surface area contributed by atoms with Gasteiger partial charge in [-0.05, 0) is 51.5 Å². The zero-order valence-corrected chi connectivity index (χ0v) is 13.9. The van der Waals surface area contributed by atoms with Gasteiger partial charge in [-0.3, -0.25) is 0 Å². The molecule has 3 rings (SSSR count). The van der Waals surface area contributed by atoms with Gasteiger partial charge in [-0.15, -0.1) is 0 Å². The molecule has 0 saturated carbocycles. The standard InChI is InChI=1S/C17H24ClN3/c1-12(2)17-19-15-8-4-7-14(18)16(15)21(17)13-6-5-10-20(3)11-9-13/h4,7-8,12-13H,5-6,9-11H2,1-3H3/t13-/m1/s1. The minimum absolute atomic E-state index is 0.412. The predicted molar refractivity (Wildman–Crippen MR) is 89.2 cm³/mol. The van der Waals surface area contributed by atoms with Crippen molar-refractivity contribution in [2.24, 2.45) is 0 Å². The fourth-order valence-electron chi connectivity index (χ4n) is 3.38. The average Bonchev–Trinajstić information content (AvgIpc) is 2.71. The van der Waals surface area contributed by atoms with Crippen LogP contribution in [0.3, 0.4) is 0 Å². The van der Waals surface area contributed by atoms with Gasteiger partial charge in [0.05, 0.1) is 16.1 Å². The van der Waals surface area contributed by atoms with Crippen molar-refractivity contribution in [1.29, 1.82) is 0 Å². The van der Waals surface area contributed by atoms with Gasteiger partial charge in [0.1, 0.15) is 5.82 Å². The summed E-state index contributed by atoms with van der Waals surface area (Å²) in [5.74, 6) is 1.59. The molecule has 1 aromatic carbocycles. The van der Waals surface area contributed by atoms with Gasteiger partial charge < -0.3 is 9.47 Å². The van der Waals surface area contributed by atoms with Crippen LogP contribution < -0.4 is 0 Å². The normalized spacial score (nSPS) is 21.1. The lowest BCUT2D eigenvalue weighted by atomic mass is 10.1. The van der Waals surface area contributed by atoms with E-state index in [4.69, 9.17) is 16.6 Å². The van der Waals surface area contributed by atoms with Gasteiger partial charge in [-0.2, -0.15) is 0 Å². The first kappa shape index (κ1) is 14.9. The Bertz CT molecular complexity index is 632. The second kappa shape index (κ2) is 5.98. The summed E-state index contributed by atoms with van der Waals surface area (Å²) in [6, 6.07) is 6.56. The molecule has 0 bridgehead atoms. The molecule has 2 heterocycles. The molecular formula is C17H24ClN3. The fourth-order valence-corrected chi connectivity index (χ4v) is 3.64. The molecule has 1 aliphatic rings. The summed E-state index contributed by atoms with van der Waals surface area (Å²) in [7, 11) is 2.21. The molecule has 4 heteroatoms. The SMILES string of the molecule is CC(C)c1nc2cccc(Cl)c2n1[C@@H]1CCCN(C)CC1. The molecule has 1 aliphatic heterocycles. The molecule has 114 valence electrons. The molecule has 0 spiro atoms. The van der Waals surface area contributed by atoms with Crippen molar-refractivity contribution >= 4 is 22.6 Å². The van der Waals surface area contributed by atoms with Gasteiger partial charge in [-0.25, -0.2) is 4.98 Å². The van der Waals surface area contributed by atoms with Gasteiger partial charge in [0.2, 0.25) is 0 Å². The summed E-state index contributed by atoms with van der Waals surface area (Å²) in [5.41, 5.74) is 2.15. The lowest BCUT2D eigenvalue weighted by Gasteiger charge is -2.22. The van der Waals surface area contributed by atoms with Crippen molar-refractivity contribution in [3.05, 3.63) is 29.0 Å². The van der Waals surface area contributed by atoms with Gasteiger partial charge in [0.15, 0.2) is 0 Å². The van der Waals surface area contributed by atoms with Crippen molar-refractivity contribution in [3.63, 3.8) is 0 Å². The molecule has 1 atom stereocenters. The third-order valence-electron chi connectivity index (χ3n) is 4.49. The number of aromatic nitrogens is 2. The number of nitrogens with zero attached hydrogens (tertiary/aromatic N) is 3. The van der Waals surface area contributed by atoms with E-state index in [0.29, 0.717) is 12.0 Å². The van der Waals surface area contributed by atoms with E-state index in [9.17, 15) is 0 Å². The zero-order chi connectivity index (χ0) is 15.0. The first-order valence-corrected chi connectivity index (χ1v) is 8.30. The van der Waals surface area contributed by atoms with Crippen LogP contribution in [0.5, 0.6) is 0 Å². The van der Waals surface area contributed by atoms with Crippen molar-refractivity contribution in [3.8, 4) is 0 Å². The summed E-state index contributed by atoms with van der Waals surface area (Å²) in [4.78, 5) is 7.29. The molecule has 0 aliphatic carbocycles. The highest BCUT2D eigenvalue weighted by molar-refractivity contribution is 6.35. The lowest BCUT2D eigenvalue weighted by Crippen LogP contribution is -2.20. The second-order valence-corrected chi connectivity index (χ2v) is 6.90. The molecule has 3 nitrogen and oxygen atoms in total. The van der Waals surface area contributed by atoms with Crippen molar-refractivity contribution in [2.45, 2.75) is 45.1 Å². The van der Waals surface area contributed by atoms with Crippen LogP contribution in [-0.2, 0) is 0 Å². The number of hydrogen-bond donors (Lipinski definition) is 0. The maximum absolute atomic E-state index is 6.50. The van der Waals surface area contributed by atoms with Gasteiger partial charge in [0.25, 0.3) is 0 Å². The number of likely N-dealkylation sites (tertiary alicyclic amines) is 1. The molecule has 0 radical (unpaired) electrons. The Labute approximate surface area is 131 Å². The van der Waals surface area contributed by atoms with E-state index in [1.807, 2.05) is 12.1 Å². The van der Waals surface area contributed by atoms with E-state index >= 15 is 0 Å². The summed E-state index contributed by atoms with van der Waals surface area (Å²) in [6.07, 6.45) is 3.62. The summed E-state index contributed by atoms with van der Waals surface area (Å²) in [5, 5.41) is 0.824. The minimum atomic E-state index is 0.412. The van der Waals surface area contributed by atoms with Crippen LogP contribution >= 0.6 is 11.6 Å². The maximum atomic E-state index is 6.50. The third-order valence-corrected chi connectivity index (χ3v) is 4.80. The molecule has 1 aromatic heterocycles. The average molecular weight is 306 g/mol. The molecule has 21 heavy (non-hydrogen) atoms. The molecule has 1 saturated heterocycles. The van der Waals surface area contributed by atoms with Crippen LogP contribution in [0.1, 0.15) is 50.9 Å². The Morgan fingerprint density at radius 3 is 2.81 bits per heavy atom. The number of imidazole rings is 1. The van der Waals surface area contributed by atoms with Gasteiger partial charge in [-0.1, -0.05) is 31.5 Å². The molecule has 0 unspecified atom stereocenters. The monoisotopic (exact) mass is 305 g/mol. The number of halogens is 1. The van der Waals surface area contributed by atoms with Crippen LogP contribution in [-0.4, -0.2) is 34.6 Å². The van der Waals surface area contributed by atoms with E-state index in [0.717, 1.165) is 22.6 Å². The molecule has 2 aromatic rings. The summed E-state index contributed by atoms with van der Waals surface area (Å²) >= 11 is 6.50. The topological polar surface area (TPSA) is 21.1 Å². The Morgan fingerprint density at radius 2 is 2.05 bits per heavy atom. The van der Waals surface area contributed by atoms with E-state index in [1.54, 1.807) is 0 Å². The first-order chi connectivity index (χ1) is 10.1. The van der Waals surface area contributed by atoms with Crippen LogP contribution in [0.15, 0.2) is 18.2 Å². The third kappa shape index (κ3) is 2.82. The minimum Gasteiger partial charge on any atom is -0.323 e. The lowest BCUT2D eigenvalue weighted by molar-refractivity contribution is 0.340. The quantitative estimate of drug-likeness (QED) is 0.816. The molecular weight excluding hydrogens is 282 g/mol.